The van der Waals surface area contributed by atoms with Gasteiger partial charge in [-0.2, -0.15) is 5.10 Å². The van der Waals surface area contributed by atoms with E-state index in [1.807, 2.05) is 54.0 Å². The van der Waals surface area contributed by atoms with Crippen LogP contribution in [0.5, 0.6) is 0 Å². The van der Waals surface area contributed by atoms with Gasteiger partial charge in [-0.3, -0.25) is 9.20 Å². The quantitative estimate of drug-likeness (QED) is 0.224. The molecule has 0 aliphatic carbocycles. The van der Waals surface area contributed by atoms with Gasteiger partial charge in [0.05, 0.1) is 16.3 Å². The van der Waals surface area contributed by atoms with Crippen molar-refractivity contribution in [1.82, 2.24) is 19.2 Å². The third-order valence-corrected chi connectivity index (χ3v) is 6.30. The number of ether oxygens (including phenoxy) is 1. The molecule has 34 heavy (non-hydrogen) atoms. The van der Waals surface area contributed by atoms with Gasteiger partial charge >= 0.3 is 5.97 Å². The Kier molecular flexibility index (Phi) is 6.20. The molecule has 0 N–H and O–H groups in total. The number of pyridine rings is 1. The van der Waals surface area contributed by atoms with Gasteiger partial charge in [-0.1, -0.05) is 24.3 Å². The van der Waals surface area contributed by atoms with E-state index in [0.29, 0.717) is 11.3 Å². The van der Waals surface area contributed by atoms with Gasteiger partial charge in [-0.05, 0) is 57.7 Å². The lowest BCUT2D eigenvalue weighted by atomic mass is 10.2. The van der Waals surface area contributed by atoms with E-state index in [1.54, 1.807) is 40.4 Å². The van der Waals surface area contributed by atoms with Crippen molar-refractivity contribution in [2.45, 2.75) is 6.61 Å². The molecule has 7 nitrogen and oxygen atoms in total. The average molecular weight is 533 g/mol. The number of para-hydroxylation sites is 1. The minimum Gasteiger partial charge on any atom is -0.456 e. The van der Waals surface area contributed by atoms with Crippen molar-refractivity contribution in [2.75, 3.05) is 0 Å². The minimum absolute atomic E-state index is 0.105. The molecule has 0 aliphatic heterocycles. The largest absolute Gasteiger partial charge is 0.456 e. The molecule has 5 rings (SSSR count). The van der Waals surface area contributed by atoms with Crippen LogP contribution in [0, 0.1) is 0 Å². The number of fused-ring (bicyclic) bond motifs is 1. The molecule has 0 spiro atoms. The van der Waals surface area contributed by atoms with Crippen molar-refractivity contribution in [3.63, 3.8) is 0 Å². The first kappa shape index (κ1) is 22.0. The highest BCUT2D eigenvalue weighted by molar-refractivity contribution is 9.10. The number of carbonyl (C=O) groups excluding carboxylic acids is 1. The summed E-state index contributed by atoms with van der Waals surface area (Å²) < 4.78 is 9.30. The molecule has 0 saturated heterocycles. The zero-order valence-electron chi connectivity index (χ0n) is 17.7. The number of carbonyl (C=O) groups is 1. The molecular formula is C25H17BrN4O3S. The predicted octanol–water partition coefficient (Wildman–Crippen LogP) is 5.13. The monoisotopic (exact) mass is 532 g/mol. The van der Waals surface area contributed by atoms with Gasteiger partial charge in [0.2, 0.25) is 0 Å². The van der Waals surface area contributed by atoms with Gasteiger partial charge in [0.25, 0.3) is 5.56 Å². The first-order chi connectivity index (χ1) is 16.6. The third-order valence-electron chi connectivity index (χ3n) is 4.96. The summed E-state index contributed by atoms with van der Waals surface area (Å²) in [5.74, 6) is -0.539. The number of benzene rings is 1. The Balaban J connectivity index is 1.34. The highest BCUT2D eigenvalue weighted by Crippen LogP contribution is 2.28. The molecular weight excluding hydrogens is 516 g/mol. The molecule has 4 aromatic heterocycles. The van der Waals surface area contributed by atoms with E-state index in [-0.39, 0.29) is 12.2 Å². The van der Waals surface area contributed by atoms with Crippen LogP contribution >= 0.6 is 27.3 Å². The number of rotatable bonds is 6. The Hall–Kier alpha value is -3.82. The van der Waals surface area contributed by atoms with Crippen LogP contribution in [0.15, 0.2) is 93.8 Å². The summed E-state index contributed by atoms with van der Waals surface area (Å²) in [6.45, 7) is -0.105. The van der Waals surface area contributed by atoms with Crippen LogP contribution in [0.4, 0.5) is 0 Å². The number of hydrogen-bond donors (Lipinski definition) is 0. The first-order valence-corrected chi connectivity index (χ1v) is 12.0. The van der Waals surface area contributed by atoms with Crippen molar-refractivity contribution >= 4 is 45.0 Å². The molecule has 0 unspecified atom stereocenters. The zero-order chi connectivity index (χ0) is 23.5. The van der Waals surface area contributed by atoms with Crippen LogP contribution in [-0.4, -0.2) is 25.1 Å². The summed E-state index contributed by atoms with van der Waals surface area (Å²) in [6.07, 6.45) is 6.56. The topological polar surface area (TPSA) is 78.5 Å². The van der Waals surface area contributed by atoms with Crippen LogP contribution in [-0.2, 0) is 16.1 Å². The fourth-order valence-corrected chi connectivity index (χ4v) is 4.45. The Morgan fingerprint density at radius 3 is 2.74 bits per heavy atom. The van der Waals surface area contributed by atoms with Crippen LogP contribution in [0.1, 0.15) is 11.3 Å². The maximum Gasteiger partial charge on any atom is 0.331 e. The van der Waals surface area contributed by atoms with Gasteiger partial charge in [-0.15, -0.1) is 11.3 Å². The van der Waals surface area contributed by atoms with Gasteiger partial charge in [0.15, 0.2) is 0 Å². The molecule has 9 heteroatoms. The van der Waals surface area contributed by atoms with Gasteiger partial charge in [0.1, 0.15) is 17.9 Å². The summed E-state index contributed by atoms with van der Waals surface area (Å²) in [6, 6.07) is 18.6. The summed E-state index contributed by atoms with van der Waals surface area (Å²) >= 11 is 4.91. The van der Waals surface area contributed by atoms with E-state index >= 15 is 0 Å². The Bertz CT molecular complexity index is 1560. The van der Waals surface area contributed by atoms with E-state index in [4.69, 9.17) is 9.84 Å². The first-order valence-electron chi connectivity index (χ1n) is 10.3. The second kappa shape index (κ2) is 9.58. The summed E-state index contributed by atoms with van der Waals surface area (Å²) in [5, 5.41) is 6.70. The number of esters is 1. The molecule has 0 radical (unpaired) electrons. The summed E-state index contributed by atoms with van der Waals surface area (Å²) in [7, 11) is 0. The van der Waals surface area contributed by atoms with E-state index in [1.165, 1.54) is 16.5 Å². The summed E-state index contributed by atoms with van der Waals surface area (Å²) in [5.41, 5.74) is 3.09. The zero-order valence-corrected chi connectivity index (χ0v) is 20.1. The second-order valence-electron chi connectivity index (χ2n) is 7.29. The Labute approximate surface area is 206 Å². The fourth-order valence-electron chi connectivity index (χ4n) is 3.38. The maximum absolute atomic E-state index is 12.4. The summed E-state index contributed by atoms with van der Waals surface area (Å²) in [4.78, 5) is 30.1. The average Bonchev–Trinajstić information content (AvgIpc) is 3.52. The smallest absolute Gasteiger partial charge is 0.331 e. The predicted molar refractivity (Wildman–Crippen MR) is 135 cm³/mol. The van der Waals surface area contributed by atoms with E-state index < -0.39 is 5.97 Å². The number of hydrogen-bond acceptors (Lipinski definition) is 6. The molecule has 0 atom stereocenters. The van der Waals surface area contributed by atoms with Crippen molar-refractivity contribution in [3.8, 4) is 16.3 Å². The normalized spacial score (nSPS) is 11.3. The number of nitrogens with zero attached hydrogens (tertiary/aromatic N) is 4. The highest BCUT2D eigenvalue weighted by Gasteiger charge is 2.12. The Morgan fingerprint density at radius 1 is 1.09 bits per heavy atom. The highest BCUT2D eigenvalue weighted by atomic mass is 79.9. The molecule has 5 aromatic rings. The molecule has 0 fully saturated rings. The SMILES string of the molecule is O=C(/C=C/c1cn(-c2ccccc2)nc1-c1cccs1)OCc1cc(=O)n2cc(Br)ccc2n1. The van der Waals surface area contributed by atoms with Gasteiger partial charge < -0.3 is 4.74 Å². The molecule has 0 amide bonds. The number of halogens is 1. The van der Waals surface area contributed by atoms with Crippen molar-refractivity contribution in [2.24, 2.45) is 0 Å². The third kappa shape index (κ3) is 4.75. The minimum atomic E-state index is -0.539. The lowest BCUT2D eigenvalue weighted by molar-refractivity contribution is -0.139. The maximum atomic E-state index is 12.4. The van der Waals surface area contributed by atoms with E-state index in [0.717, 1.165) is 26.3 Å². The second-order valence-corrected chi connectivity index (χ2v) is 9.16. The lowest BCUT2D eigenvalue weighted by Gasteiger charge is -2.05. The van der Waals surface area contributed by atoms with Crippen LogP contribution < -0.4 is 5.56 Å². The molecule has 4 heterocycles. The Morgan fingerprint density at radius 2 is 1.94 bits per heavy atom. The fraction of sp³-hybridized carbons (Fsp3) is 0.0400. The molecule has 1 aromatic carbocycles. The molecule has 168 valence electrons. The number of aromatic nitrogens is 4. The van der Waals surface area contributed by atoms with Gasteiger partial charge in [0, 0.05) is 34.6 Å². The molecule has 0 aliphatic rings. The molecule has 0 bridgehead atoms. The molecule has 0 saturated carbocycles. The van der Waals surface area contributed by atoms with E-state index in [2.05, 4.69) is 20.9 Å². The van der Waals surface area contributed by atoms with Crippen molar-refractivity contribution in [1.29, 1.82) is 0 Å². The van der Waals surface area contributed by atoms with E-state index in [9.17, 15) is 9.59 Å². The van der Waals surface area contributed by atoms with Crippen molar-refractivity contribution < 1.29 is 9.53 Å². The standard InChI is InChI=1S/C25H17BrN4O3S/c26-18-9-10-22-27-19(13-23(31)29(22)15-18)16-33-24(32)11-8-17-14-30(20-5-2-1-3-6-20)28-25(17)21-7-4-12-34-21/h1-15H,16H2/b11-8+. The van der Waals surface area contributed by atoms with Gasteiger partial charge in [-0.25, -0.2) is 14.5 Å². The lowest BCUT2D eigenvalue weighted by Crippen LogP contribution is -2.16. The van der Waals surface area contributed by atoms with Crippen LogP contribution in [0.25, 0.3) is 28.0 Å². The van der Waals surface area contributed by atoms with Crippen LogP contribution in [0.2, 0.25) is 0 Å². The van der Waals surface area contributed by atoms with Crippen LogP contribution in [0.3, 0.4) is 0 Å². The van der Waals surface area contributed by atoms with Crippen molar-refractivity contribution in [3.05, 3.63) is 111 Å². The number of thiophene rings is 1.